The molecule has 5 heteroatoms. The first-order valence-electron chi connectivity index (χ1n) is 6.72. The maximum Gasteiger partial charge on any atom is 0.276 e. The van der Waals surface area contributed by atoms with Crippen molar-refractivity contribution < 1.29 is 4.79 Å². The van der Waals surface area contributed by atoms with Crippen molar-refractivity contribution in [1.29, 1.82) is 0 Å². The first-order chi connectivity index (χ1) is 10.2. The van der Waals surface area contributed by atoms with Gasteiger partial charge in [-0.05, 0) is 17.7 Å². The SMILES string of the molecule is Cn1nc(C(=O)Nc2ccccc2CN)c2ccccc21. The number of aryl methyl sites for hydroxylation is 1. The summed E-state index contributed by atoms with van der Waals surface area (Å²) in [6, 6.07) is 15.2. The molecule has 3 aromatic rings. The van der Waals surface area contributed by atoms with Crippen LogP contribution in [-0.4, -0.2) is 15.7 Å². The minimum atomic E-state index is -0.229. The molecular weight excluding hydrogens is 264 g/mol. The Bertz CT molecular complexity index is 807. The first kappa shape index (κ1) is 13.3. The highest BCUT2D eigenvalue weighted by molar-refractivity contribution is 6.11. The number of benzene rings is 2. The molecule has 1 heterocycles. The van der Waals surface area contributed by atoms with Crippen LogP contribution >= 0.6 is 0 Å². The van der Waals surface area contributed by atoms with E-state index in [-0.39, 0.29) is 5.91 Å². The van der Waals surface area contributed by atoms with Crippen LogP contribution in [0.25, 0.3) is 10.9 Å². The third-order valence-electron chi connectivity index (χ3n) is 3.46. The Kier molecular flexibility index (Phi) is 3.41. The lowest BCUT2D eigenvalue weighted by atomic mass is 10.1. The lowest BCUT2D eigenvalue weighted by Crippen LogP contribution is -2.15. The molecule has 2 aromatic carbocycles. The van der Waals surface area contributed by atoms with Crippen LogP contribution in [0.3, 0.4) is 0 Å². The number of rotatable bonds is 3. The predicted molar refractivity (Wildman–Crippen MR) is 83.0 cm³/mol. The molecule has 0 radical (unpaired) electrons. The van der Waals surface area contributed by atoms with E-state index in [1.165, 1.54) is 0 Å². The second-order valence-electron chi connectivity index (χ2n) is 4.80. The van der Waals surface area contributed by atoms with Crippen LogP contribution in [0.4, 0.5) is 5.69 Å². The number of para-hydroxylation sites is 2. The number of nitrogens with two attached hydrogens (primary N) is 1. The summed E-state index contributed by atoms with van der Waals surface area (Å²) in [6.07, 6.45) is 0. The molecule has 0 spiro atoms. The Morgan fingerprint density at radius 3 is 2.71 bits per heavy atom. The maximum absolute atomic E-state index is 12.5. The van der Waals surface area contributed by atoms with Gasteiger partial charge in [0.05, 0.1) is 5.52 Å². The lowest BCUT2D eigenvalue weighted by Gasteiger charge is -2.08. The fourth-order valence-electron chi connectivity index (χ4n) is 2.38. The number of carbonyl (C=O) groups excluding carboxylic acids is 1. The molecule has 1 amide bonds. The number of fused-ring (bicyclic) bond motifs is 1. The van der Waals surface area contributed by atoms with Crippen molar-refractivity contribution in [3.8, 4) is 0 Å². The largest absolute Gasteiger partial charge is 0.326 e. The van der Waals surface area contributed by atoms with Gasteiger partial charge in [0.15, 0.2) is 5.69 Å². The molecule has 0 bridgehead atoms. The van der Waals surface area contributed by atoms with Crippen molar-refractivity contribution in [1.82, 2.24) is 9.78 Å². The number of hydrogen-bond acceptors (Lipinski definition) is 3. The molecular formula is C16H16N4O. The van der Waals surface area contributed by atoms with Gasteiger partial charge in [0.2, 0.25) is 0 Å². The van der Waals surface area contributed by atoms with Crippen LogP contribution in [-0.2, 0) is 13.6 Å². The van der Waals surface area contributed by atoms with Gasteiger partial charge < -0.3 is 11.1 Å². The molecule has 0 aliphatic rings. The van der Waals surface area contributed by atoms with Crippen LogP contribution in [0.15, 0.2) is 48.5 Å². The maximum atomic E-state index is 12.5. The molecule has 3 rings (SSSR count). The van der Waals surface area contributed by atoms with Crippen LogP contribution in [0.2, 0.25) is 0 Å². The molecule has 0 atom stereocenters. The summed E-state index contributed by atoms with van der Waals surface area (Å²) in [4.78, 5) is 12.5. The van der Waals surface area contributed by atoms with Crippen molar-refractivity contribution in [3.63, 3.8) is 0 Å². The van der Waals surface area contributed by atoms with Gasteiger partial charge in [0, 0.05) is 24.7 Å². The lowest BCUT2D eigenvalue weighted by molar-refractivity contribution is 0.102. The van der Waals surface area contributed by atoms with E-state index in [0.717, 1.165) is 22.2 Å². The topological polar surface area (TPSA) is 72.9 Å². The third kappa shape index (κ3) is 2.39. The molecule has 3 N–H and O–H groups in total. The highest BCUT2D eigenvalue weighted by Crippen LogP contribution is 2.20. The highest BCUT2D eigenvalue weighted by atomic mass is 16.2. The second kappa shape index (κ2) is 5.38. The van der Waals surface area contributed by atoms with Crippen molar-refractivity contribution in [2.24, 2.45) is 12.8 Å². The zero-order valence-electron chi connectivity index (χ0n) is 11.7. The second-order valence-corrected chi connectivity index (χ2v) is 4.80. The summed E-state index contributed by atoms with van der Waals surface area (Å²) in [5.41, 5.74) is 8.65. The van der Waals surface area contributed by atoms with Gasteiger partial charge in [-0.25, -0.2) is 0 Å². The minimum absolute atomic E-state index is 0.229. The van der Waals surface area contributed by atoms with E-state index in [2.05, 4.69) is 10.4 Å². The Hall–Kier alpha value is -2.66. The quantitative estimate of drug-likeness (QED) is 0.773. The van der Waals surface area contributed by atoms with E-state index in [1.807, 2.05) is 55.6 Å². The Morgan fingerprint density at radius 1 is 1.19 bits per heavy atom. The first-order valence-corrected chi connectivity index (χ1v) is 6.72. The van der Waals surface area contributed by atoms with Crippen LogP contribution in [0.1, 0.15) is 16.1 Å². The highest BCUT2D eigenvalue weighted by Gasteiger charge is 2.16. The van der Waals surface area contributed by atoms with Gasteiger partial charge in [-0.1, -0.05) is 36.4 Å². The number of nitrogens with zero attached hydrogens (tertiary/aromatic N) is 2. The van der Waals surface area contributed by atoms with Crippen molar-refractivity contribution in [3.05, 3.63) is 59.8 Å². The van der Waals surface area contributed by atoms with Gasteiger partial charge in [-0.2, -0.15) is 5.10 Å². The van der Waals surface area contributed by atoms with E-state index < -0.39 is 0 Å². The Labute approximate surface area is 122 Å². The van der Waals surface area contributed by atoms with E-state index in [4.69, 9.17) is 5.73 Å². The predicted octanol–water partition coefficient (Wildman–Crippen LogP) is 2.28. The van der Waals surface area contributed by atoms with E-state index in [1.54, 1.807) is 4.68 Å². The number of aromatic nitrogens is 2. The smallest absolute Gasteiger partial charge is 0.276 e. The van der Waals surface area contributed by atoms with Gasteiger partial charge >= 0.3 is 0 Å². The van der Waals surface area contributed by atoms with Crippen molar-refractivity contribution in [2.75, 3.05) is 5.32 Å². The number of anilines is 1. The molecule has 21 heavy (non-hydrogen) atoms. The van der Waals surface area contributed by atoms with E-state index >= 15 is 0 Å². The molecule has 1 aromatic heterocycles. The summed E-state index contributed by atoms with van der Waals surface area (Å²) in [5, 5.41) is 8.04. The van der Waals surface area contributed by atoms with E-state index in [9.17, 15) is 4.79 Å². The van der Waals surface area contributed by atoms with Crippen molar-refractivity contribution in [2.45, 2.75) is 6.54 Å². The summed E-state index contributed by atoms with van der Waals surface area (Å²) in [7, 11) is 1.83. The molecule has 0 aliphatic heterocycles. The average Bonchev–Trinajstić information content (AvgIpc) is 2.86. The number of carbonyl (C=O) groups is 1. The van der Waals surface area contributed by atoms with Crippen LogP contribution in [0, 0.1) is 0 Å². The summed E-state index contributed by atoms with van der Waals surface area (Å²) < 4.78 is 1.71. The fraction of sp³-hybridized carbons (Fsp3) is 0.125. The zero-order valence-corrected chi connectivity index (χ0v) is 11.7. The fourth-order valence-corrected chi connectivity index (χ4v) is 2.38. The molecule has 0 saturated heterocycles. The molecule has 0 saturated carbocycles. The molecule has 5 nitrogen and oxygen atoms in total. The molecule has 0 unspecified atom stereocenters. The molecule has 0 fully saturated rings. The third-order valence-corrected chi connectivity index (χ3v) is 3.46. The van der Waals surface area contributed by atoms with Gasteiger partial charge in [0.25, 0.3) is 5.91 Å². The average molecular weight is 280 g/mol. The summed E-state index contributed by atoms with van der Waals surface area (Å²) >= 11 is 0. The molecule has 0 aliphatic carbocycles. The summed E-state index contributed by atoms with van der Waals surface area (Å²) in [5.74, 6) is -0.229. The minimum Gasteiger partial charge on any atom is -0.326 e. The number of nitrogens with one attached hydrogen (secondary N) is 1. The normalized spacial score (nSPS) is 10.8. The van der Waals surface area contributed by atoms with E-state index in [0.29, 0.717) is 12.2 Å². The molecule has 106 valence electrons. The zero-order chi connectivity index (χ0) is 14.8. The number of amides is 1. The van der Waals surface area contributed by atoms with Gasteiger partial charge in [-0.15, -0.1) is 0 Å². The van der Waals surface area contributed by atoms with Crippen LogP contribution in [0.5, 0.6) is 0 Å². The van der Waals surface area contributed by atoms with Crippen LogP contribution < -0.4 is 11.1 Å². The Balaban J connectivity index is 1.98. The Morgan fingerprint density at radius 2 is 1.90 bits per heavy atom. The number of hydrogen-bond donors (Lipinski definition) is 2. The van der Waals surface area contributed by atoms with Crippen molar-refractivity contribution >= 4 is 22.5 Å². The standard InChI is InChI=1S/C16H16N4O/c1-20-14-9-5-3-7-12(14)15(19-20)16(21)18-13-8-4-2-6-11(13)10-17/h2-9H,10,17H2,1H3,(H,18,21). The van der Waals surface area contributed by atoms with Gasteiger partial charge in [0.1, 0.15) is 0 Å². The van der Waals surface area contributed by atoms with Gasteiger partial charge in [-0.3, -0.25) is 9.48 Å². The monoisotopic (exact) mass is 280 g/mol. The summed E-state index contributed by atoms with van der Waals surface area (Å²) in [6.45, 7) is 0.374.